The van der Waals surface area contributed by atoms with Crippen molar-refractivity contribution in [2.24, 2.45) is 5.92 Å². The highest BCUT2D eigenvalue weighted by molar-refractivity contribution is 5.44. The van der Waals surface area contributed by atoms with Gasteiger partial charge in [0.05, 0.1) is 0 Å². The number of hydrogen-bond donors (Lipinski definition) is 2. The molecule has 0 unspecified atom stereocenters. The predicted molar refractivity (Wildman–Crippen MR) is 78.6 cm³/mol. The number of aromatic hydroxyl groups is 1. The Morgan fingerprint density at radius 2 is 2.11 bits per heavy atom. The molecular formula is C17H25NO. The van der Waals surface area contributed by atoms with Crippen molar-refractivity contribution in [3.05, 3.63) is 29.3 Å². The molecule has 0 saturated carbocycles. The van der Waals surface area contributed by atoms with E-state index in [1.54, 1.807) is 0 Å². The van der Waals surface area contributed by atoms with Gasteiger partial charge < -0.3 is 10.4 Å². The zero-order valence-corrected chi connectivity index (χ0v) is 12.1. The highest BCUT2D eigenvalue weighted by atomic mass is 16.3. The molecule has 0 amide bonds. The maximum Gasteiger partial charge on any atom is 0.115 e. The molecule has 1 aromatic carbocycles. The van der Waals surface area contributed by atoms with E-state index in [1.807, 2.05) is 12.1 Å². The van der Waals surface area contributed by atoms with Gasteiger partial charge in [0.15, 0.2) is 0 Å². The summed E-state index contributed by atoms with van der Waals surface area (Å²) in [5.74, 6) is 1.15. The van der Waals surface area contributed by atoms with Crippen LogP contribution in [0.15, 0.2) is 18.2 Å². The Morgan fingerprint density at radius 1 is 1.32 bits per heavy atom. The van der Waals surface area contributed by atoms with Crippen molar-refractivity contribution in [2.45, 2.75) is 57.4 Å². The van der Waals surface area contributed by atoms with Crippen LogP contribution >= 0.6 is 0 Å². The normalized spacial score (nSPS) is 28.5. The lowest BCUT2D eigenvalue weighted by molar-refractivity contribution is 0.131. The molecule has 1 heterocycles. The van der Waals surface area contributed by atoms with Crippen molar-refractivity contribution in [2.75, 3.05) is 6.54 Å². The number of benzene rings is 1. The Morgan fingerprint density at radius 3 is 2.84 bits per heavy atom. The molecule has 0 bridgehead atoms. The van der Waals surface area contributed by atoms with E-state index in [0.717, 1.165) is 18.9 Å². The molecule has 1 aliphatic heterocycles. The van der Waals surface area contributed by atoms with Crippen LogP contribution < -0.4 is 5.32 Å². The Kier molecular flexibility index (Phi) is 3.30. The highest BCUT2D eigenvalue weighted by Crippen LogP contribution is 2.49. The van der Waals surface area contributed by atoms with E-state index < -0.39 is 0 Å². The third kappa shape index (κ3) is 1.88. The van der Waals surface area contributed by atoms with Gasteiger partial charge in [-0.05, 0) is 73.2 Å². The molecule has 19 heavy (non-hydrogen) atoms. The smallest absolute Gasteiger partial charge is 0.115 e. The van der Waals surface area contributed by atoms with Crippen LogP contribution in [-0.2, 0) is 11.8 Å². The number of hydrogen-bond acceptors (Lipinski definition) is 2. The second-order valence-corrected chi connectivity index (χ2v) is 6.22. The molecule has 2 N–H and O–H groups in total. The molecular weight excluding hydrogens is 234 g/mol. The van der Waals surface area contributed by atoms with Crippen molar-refractivity contribution in [3.63, 3.8) is 0 Å². The van der Waals surface area contributed by atoms with Crippen molar-refractivity contribution >= 4 is 0 Å². The van der Waals surface area contributed by atoms with Gasteiger partial charge in [0.1, 0.15) is 5.75 Å². The Balaban J connectivity index is 2.14. The largest absolute Gasteiger partial charge is 0.508 e. The number of piperidine rings is 1. The van der Waals surface area contributed by atoms with Crippen LogP contribution in [0, 0.1) is 5.92 Å². The van der Waals surface area contributed by atoms with Crippen molar-refractivity contribution in [1.29, 1.82) is 0 Å². The fourth-order valence-corrected chi connectivity index (χ4v) is 4.63. The van der Waals surface area contributed by atoms with Crippen molar-refractivity contribution < 1.29 is 5.11 Å². The van der Waals surface area contributed by atoms with Gasteiger partial charge in [-0.15, -0.1) is 0 Å². The van der Waals surface area contributed by atoms with Gasteiger partial charge in [-0.25, -0.2) is 0 Å². The minimum Gasteiger partial charge on any atom is -0.508 e. The zero-order valence-electron chi connectivity index (χ0n) is 12.1. The van der Waals surface area contributed by atoms with Gasteiger partial charge in [0.25, 0.3) is 0 Å². The molecule has 0 radical (unpaired) electrons. The Labute approximate surface area is 116 Å². The van der Waals surface area contributed by atoms with Crippen LogP contribution in [0.5, 0.6) is 5.75 Å². The quantitative estimate of drug-likeness (QED) is 0.853. The van der Waals surface area contributed by atoms with E-state index in [9.17, 15) is 5.11 Å². The van der Waals surface area contributed by atoms with E-state index in [0.29, 0.717) is 11.8 Å². The summed E-state index contributed by atoms with van der Waals surface area (Å²) >= 11 is 0. The number of nitrogens with one attached hydrogen (secondary N) is 1. The minimum absolute atomic E-state index is 0.254. The Bertz CT molecular complexity index is 464. The molecule has 3 rings (SSSR count). The molecule has 2 atom stereocenters. The van der Waals surface area contributed by atoms with E-state index in [4.69, 9.17) is 0 Å². The Hall–Kier alpha value is -1.02. The van der Waals surface area contributed by atoms with Crippen LogP contribution in [0.3, 0.4) is 0 Å². The topological polar surface area (TPSA) is 32.3 Å². The molecule has 1 aromatic rings. The average Bonchev–Trinajstić information content (AvgIpc) is 2.45. The number of rotatable bonds is 2. The summed E-state index contributed by atoms with van der Waals surface area (Å²) in [6.07, 6.45) is 6.08. The lowest BCUT2D eigenvalue weighted by Gasteiger charge is -2.51. The lowest BCUT2D eigenvalue weighted by atomic mass is 9.57. The summed E-state index contributed by atoms with van der Waals surface area (Å²) < 4.78 is 0. The summed E-state index contributed by atoms with van der Waals surface area (Å²) in [4.78, 5) is 0. The summed E-state index contributed by atoms with van der Waals surface area (Å²) in [6.45, 7) is 5.79. The van der Waals surface area contributed by atoms with Gasteiger partial charge in [-0.2, -0.15) is 0 Å². The van der Waals surface area contributed by atoms with E-state index in [1.165, 1.54) is 36.8 Å². The molecule has 104 valence electrons. The standard InChI is InChI=1S/C17H25NO/c1-3-17(4-2)14-6-5-9-18-16(14)10-12-7-8-13(19)11-15(12)17/h7-8,11,14,16,18-19H,3-6,9-10H2,1-2H3/t14-,16-/m1/s1. The van der Waals surface area contributed by atoms with Crippen LogP contribution in [0.4, 0.5) is 0 Å². The van der Waals surface area contributed by atoms with Gasteiger partial charge in [-0.1, -0.05) is 19.9 Å². The van der Waals surface area contributed by atoms with E-state index in [-0.39, 0.29) is 5.41 Å². The van der Waals surface area contributed by atoms with Crippen LogP contribution in [0.25, 0.3) is 0 Å². The zero-order chi connectivity index (χ0) is 13.5. The lowest BCUT2D eigenvalue weighted by Crippen LogP contribution is -2.55. The second-order valence-electron chi connectivity index (χ2n) is 6.22. The van der Waals surface area contributed by atoms with E-state index in [2.05, 4.69) is 25.2 Å². The van der Waals surface area contributed by atoms with Gasteiger partial charge in [-0.3, -0.25) is 0 Å². The fourth-order valence-electron chi connectivity index (χ4n) is 4.63. The van der Waals surface area contributed by atoms with Gasteiger partial charge >= 0.3 is 0 Å². The number of fused-ring (bicyclic) bond motifs is 2. The molecule has 1 fully saturated rings. The van der Waals surface area contributed by atoms with Crippen molar-refractivity contribution in [1.82, 2.24) is 5.32 Å². The molecule has 1 aliphatic carbocycles. The minimum atomic E-state index is 0.254. The molecule has 0 spiro atoms. The first kappa shape index (κ1) is 13.0. The molecule has 0 aromatic heterocycles. The summed E-state index contributed by atoms with van der Waals surface area (Å²) in [5.41, 5.74) is 3.12. The molecule has 2 nitrogen and oxygen atoms in total. The first-order valence-electron chi connectivity index (χ1n) is 7.77. The third-order valence-electron chi connectivity index (χ3n) is 5.63. The van der Waals surface area contributed by atoms with Crippen molar-refractivity contribution in [3.8, 4) is 5.75 Å². The highest BCUT2D eigenvalue weighted by Gasteiger charge is 2.46. The maximum absolute atomic E-state index is 9.89. The van der Waals surface area contributed by atoms with Crippen LogP contribution in [0.1, 0.15) is 50.7 Å². The average molecular weight is 259 g/mol. The second kappa shape index (κ2) is 4.82. The monoisotopic (exact) mass is 259 g/mol. The fraction of sp³-hybridized carbons (Fsp3) is 0.647. The van der Waals surface area contributed by atoms with Crippen LogP contribution in [-0.4, -0.2) is 17.7 Å². The summed E-state index contributed by atoms with van der Waals surface area (Å²) in [5, 5.41) is 13.6. The first-order valence-corrected chi connectivity index (χ1v) is 7.77. The van der Waals surface area contributed by atoms with E-state index >= 15 is 0 Å². The number of phenolic OH excluding ortho intramolecular Hbond substituents is 1. The third-order valence-corrected chi connectivity index (χ3v) is 5.63. The van der Waals surface area contributed by atoms with Crippen LogP contribution in [0.2, 0.25) is 0 Å². The summed E-state index contributed by atoms with van der Waals surface area (Å²) in [7, 11) is 0. The molecule has 1 saturated heterocycles. The molecule has 2 heteroatoms. The molecule has 2 aliphatic rings. The van der Waals surface area contributed by atoms with Gasteiger partial charge in [0, 0.05) is 6.04 Å². The maximum atomic E-state index is 9.89. The predicted octanol–water partition coefficient (Wildman–Crippen LogP) is 3.37. The SMILES string of the molecule is CCC1(CC)c2cc(O)ccc2C[C@H]2NCCC[C@H]21. The summed E-state index contributed by atoms with van der Waals surface area (Å²) in [6, 6.07) is 6.65. The number of phenols is 1. The van der Waals surface area contributed by atoms with Gasteiger partial charge in [0.2, 0.25) is 0 Å². The first-order chi connectivity index (χ1) is 9.21.